The monoisotopic (exact) mass is 295 g/mol. The van der Waals surface area contributed by atoms with Crippen LogP contribution < -0.4 is 11.0 Å². The minimum absolute atomic E-state index is 0.0426. The summed E-state index contributed by atoms with van der Waals surface area (Å²) in [5.74, 6) is -0.930. The Labute approximate surface area is 119 Å². The maximum Gasteiger partial charge on any atom is 0.347 e. The van der Waals surface area contributed by atoms with Gasteiger partial charge in [0, 0.05) is 25.5 Å². The molecule has 104 valence electrons. The second-order valence-electron chi connectivity index (χ2n) is 3.98. The molecule has 1 N–H and O–H groups in total. The van der Waals surface area contributed by atoms with Crippen LogP contribution in [0.2, 0.25) is 5.02 Å². The van der Waals surface area contributed by atoms with Gasteiger partial charge in [0.1, 0.15) is 5.82 Å². The number of carbonyl (C=O) groups is 1. The summed E-state index contributed by atoms with van der Waals surface area (Å²) in [5.41, 5.74) is -0.201. The quantitative estimate of drug-likeness (QED) is 0.929. The zero-order valence-electron chi connectivity index (χ0n) is 10.3. The number of nitrogens with zero attached hydrogens (tertiary/aromatic N) is 2. The number of hydrogen-bond acceptors (Lipinski definition) is 3. The van der Waals surface area contributed by atoms with Gasteiger partial charge in [-0.3, -0.25) is 9.36 Å². The van der Waals surface area contributed by atoms with Crippen molar-refractivity contribution in [3.05, 3.63) is 63.5 Å². The smallest absolute Gasteiger partial charge is 0.347 e. The van der Waals surface area contributed by atoms with E-state index >= 15 is 0 Å². The molecule has 2 rings (SSSR count). The Morgan fingerprint density at radius 2 is 2.25 bits per heavy atom. The molecule has 2 aromatic rings. The van der Waals surface area contributed by atoms with Gasteiger partial charge in [-0.15, -0.1) is 0 Å². The molecule has 20 heavy (non-hydrogen) atoms. The molecule has 7 heteroatoms. The highest BCUT2D eigenvalue weighted by molar-refractivity contribution is 6.33. The van der Waals surface area contributed by atoms with Crippen LogP contribution in [0.25, 0.3) is 0 Å². The van der Waals surface area contributed by atoms with Crippen molar-refractivity contribution < 1.29 is 9.18 Å². The number of carbonyl (C=O) groups excluding carboxylic acids is 1. The van der Waals surface area contributed by atoms with E-state index < -0.39 is 11.7 Å². The molecule has 0 spiro atoms. The Balaban J connectivity index is 1.96. The molecule has 0 bridgehead atoms. The first-order valence-electron chi connectivity index (χ1n) is 5.82. The van der Waals surface area contributed by atoms with Gasteiger partial charge in [0.05, 0.1) is 10.6 Å². The Kier molecular flexibility index (Phi) is 4.47. The molecule has 1 aromatic heterocycles. The lowest BCUT2D eigenvalue weighted by molar-refractivity contribution is 0.0952. The lowest BCUT2D eigenvalue weighted by atomic mass is 10.2. The number of amides is 1. The molecule has 0 unspecified atom stereocenters. The minimum atomic E-state index is -0.506. The van der Waals surface area contributed by atoms with Crippen LogP contribution in [0.3, 0.4) is 0 Å². The Morgan fingerprint density at radius 1 is 1.45 bits per heavy atom. The van der Waals surface area contributed by atoms with Crippen LogP contribution in [0.15, 0.2) is 41.5 Å². The molecule has 0 atom stereocenters. The fourth-order valence-electron chi connectivity index (χ4n) is 1.62. The molecular weight excluding hydrogens is 285 g/mol. The van der Waals surface area contributed by atoms with Crippen LogP contribution in [-0.2, 0) is 6.54 Å². The van der Waals surface area contributed by atoms with Crippen LogP contribution in [0, 0.1) is 5.82 Å². The summed E-state index contributed by atoms with van der Waals surface area (Å²) >= 11 is 5.78. The highest BCUT2D eigenvalue weighted by Gasteiger charge is 2.10. The van der Waals surface area contributed by atoms with E-state index in [9.17, 15) is 14.0 Å². The predicted octanol–water partition coefficient (Wildman–Crippen LogP) is 1.47. The highest BCUT2D eigenvalue weighted by Crippen LogP contribution is 2.16. The third-order valence-electron chi connectivity index (χ3n) is 2.60. The van der Waals surface area contributed by atoms with Gasteiger partial charge < -0.3 is 5.32 Å². The van der Waals surface area contributed by atoms with Crippen LogP contribution in [-0.4, -0.2) is 22.0 Å². The summed E-state index contributed by atoms with van der Waals surface area (Å²) in [5, 5.41) is 2.64. The van der Waals surface area contributed by atoms with Crippen LogP contribution in [0.1, 0.15) is 10.4 Å². The van der Waals surface area contributed by atoms with Crippen molar-refractivity contribution in [3.8, 4) is 0 Å². The molecule has 0 saturated carbocycles. The van der Waals surface area contributed by atoms with Gasteiger partial charge in [0.2, 0.25) is 0 Å². The lowest BCUT2D eigenvalue weighted by Crippen LogP contribution is -2.31. The standard InChI is InChI=1S/C13H11ClFN3O2/c14-11-8-9(15)2-3-10(11)12(19)16-5-7-18-6-1-4-17-13(18)20/h1-4,6,8H,5,7H2,(H,16,19). The van der Waals surface area contributed by atoms with Gasteiger partial charge in [-0.2, -0.15) is 0 Å². The average molecular weight is 296 g/mol. The molecule has 1 amide bonds. The van der Waals surface area contributed by atoms with E-state index in [0.717, 1.165) is 12.1 Å². The van der Waals surface area contributed by atoms with E-state index in [1.807, 2.05) is 0 Å². The van der Waals surface area contributed by atoms with E-state index in [4.69, 9.17) is 11.6 Å². The molecule has 0 aliphatic rings. The Hall–Kier alpha value is -2.21. The van der Waals surface area contributed by atoms with E-state index in [2.05, 4.69) is 10.3 Å². The summed E-state index contributed by atoms with van der Waals surface area (Å²) in [7, 11) is 0. The highest BCUT2D eigenvalue weighted by atomic mass is 35.5. The largest absolute Gasteiger partial charge is 0.350 e. The van der Waals surface area contributed by atoms with Gasteiger partial charge in [-0.1, -0.05) is 11.6 Å². The average Bonchev–Trinajstić information content (AvgIpc) is 2.40. The molecular formula is C13H11ClFN3O2. The first-order chi connectivity index (χ1) is 9.58. The SMILES string of the molecule is O=C(NCCn1cccnc1=O)c1ccc(F)cc1Cl. The summed E-state index contributed by atoms with van der Waals surface area (Å²) in [4.78, 5) is 26.8. The maximum atomic E-state index is 12.9. The third kappa shape index (κ3) is 3.42. The lowest BCUT2D eigenvalue weighted by Gasteiger charge is -2.08. The van der Waals surface area contributed by atoms with Crippen LogP contribution in [0.4, 0.5) is 4.39 Å². The molecule has 0 radical (unpaired) electrons. The first kappa shape index (κ1) is 14.2. The molecule has 0 aliphatic heterocycles. The van der Waals surface area contributed by atoms with E-state index in [-0.39, 0.29) is 29.4 Å². The van der Waals surface area contributed by atoms with Gasteiger partial charge >= 0.3 is 5.69 Å². The van der Waals surface area contributed by atoms with Crippen molar-refractivity contribution in [2.75, 3.05) is 6.54 Å². The summed E-state index contributed by atoms with van der Waals surface area (Å²) in [6.07, 6.45) is 2.97. The van der Waals surface area contributed by atoms with Crippen molar-refractivity contribution in [1.29, 1.82) is 0 Å². The second kappa shape index (κ2) is 6.29. The Morgan fingerprint density at radius 3 is 2.95 bits per heavy atom. The normalized spacial score (nSPS) is 10.3. The number of hydrogen-bond donors (Lipinski definition) is 1. The molecule has 0 saturated heterocycles. The number of nitrogens with one attached hydrogen (secondary N) is 1. The minimum Gasteiger partial charge on any atom is -0.350 e. The van der Waals surface area contributed by atoms with Gasteiger partial charge in [-0.25, -0.2) is 14.2 Å². The van der Waals surface area contributed by atoms with Crippen molar-refractivity contribution in [1.82, 2.24) is 14.9 Å². The first-order valence-corrected chi connectivity index (χ1v) is 6.20. The summed E-state index contributed by atoms with van der Waals surface area (Å²) in [6.45, 7) is 0.523. The third-order valence-corrected chi connectivity index (χ3v) is 2.91. The topological polar surface area (TPSA) is 64.0 Å². The summed E-state index contributed by atoms with van der Waals surface area (Å²) in [6, 6.07) is 5.16. The molecule has 0 aliphatic carbocycles. The molecule has 0 fully saturated rings. The number of aromatic nitrogens is 2. The molecule has 5 nitrogen and oxygen atoms in total. The predicted molar refractivity (Wildman–Crippen MR) is 72.2 cm³/mol. The molecule has 1 aromatic carbocycles. The van der Waals surface area contributed by atoms with Crippen molar-refractivity contribution in [3.63, 3.8) is 0 Å². The number of rotatable bonds is 4. The van der Waals surface area contributed by atoms with Crippen molar-refractivity contribution in [2.45, 2.75) is 6.54 Å². The Bertz CT molecular complexity index is 687. The van der Waals surface area contributed by atoms with E-state index in [0.29, 0.717) is 0 Å². The van der Waals surface area contributed by atoms with E-state index in [1.165, 1.54) is 16.8 Å². The van der Waals surface area contributed by atoms with Gasteiger partial charge in [0.15, 0.2) is 0 Å². The second-order valence-corrected chi connectivity index (χ2v) is 4.38. The fraction of sp³-hybridized carbons (Fsp3) is 0.154. The van der Waals surface area contributed by atoms with Crippen LogP contribution in [0.5, 0.6) is 0 Å². The maximum absolute atomic E-state index is 12.9. The van der Waals surface area contributed by atoms with Gasteiger partial charge in [-0.05, 0) is 24.3 Å². The zero-order chi connectivity index (χ0) is 14.5. The molecule has 1 heterocycles. The van der Waals surface area contributed by atoms with Crippen molar-refractivity contribution >= 4 is 17.5 Å². The number of benzene rings is 1. The van der Waals surface area contributed by atoms with Gasteiger partial charge in [0.25, 0.3) is 5.91 Å². The zero-order valence-corrected chi connectivity index (χ0v) is 11.1. The van der Waals surface area contributed by atoms with E-state index in [1.54, 1.807) is 12.3 Å². The van der Waals surface area contributed by atoms with Crippen molar-refractivity contribution in [2.24, 2.45) is 0 Å². The number of halogens is 2. The van der Waals surface area contributed by atoms with Crippen LogP contribution >= 0.6 is 11.6 Å². The summed E-state index contributed by atoms with van der Waals surface area (Å²) < 4.78 is 14.2. The fourth-order valence-corrected chi connectivity index (χ4v) is 1.87.